The third kappa shape index (κ3) is 5.35. The maximum absolute atomic E-state index is 11.4. The van der Waals surface area contributed by atoms with E-state index in [-0.39, 0.29) is 30.7 Å². The van der Waals surface area contributed by atoms with Crippen molar-refractivity contribution in [2.24, 2.45) is 0 Å². The molecule has 0 aromatic rings. The van der Waals surface area contributed by atoms with Gasteiger partial charge in [0.25, 0.3) is 0 Å². The average Bonchev–Trinajstić information content (AvgIpc) is 2.30. The summed E-state index contributed by atoms with van der Waals surface area (Å²) in [6.45, 7) is 1.76. The van der Waals surface area contributed by atoms with Gasteiger partial charge < -0.3 is 15.4 Å². The number of urea groups is 1. The van der Waals surface area contributed by atoms with Crippen LogP contribution < -0.4 is 10.6 Å². The molecule has 0 aromatic heterocycles. The van der Waals surface area contributed by atoms with E-state index in [1.807, 2.05) is 0 Å². The van der Waals surface area contributed by atoms with Crippen molar-refractivity contribution in [3.05, 3.63) is 0 Å². The monoisotopic (exact) mass is 278 g/mol. The number of hydrogen-bond donors (Lipinski definition) is 2. The fourth-order valence-corrected chi connectivity index (χ4v) is 3.13. The van der Waals surface area contributed by atoms with E-state index in [1.54, 1.807) is 6.92 Å². The summed E-state index contributed by atoms with van der Waals surface area (Å²) in [6.07, 6.45) is 0.824. The third-order valence-electron chi connectivity index (χ3n) is 2.59. The van der Waals surface area contributed by atoms with Crippen LogP contribution in [0.15, 0.2) is 0 Å². The van der Waals surface area contributed by atoms with Gasteiger partial charge in [-0.05, 0) is 19.8 Å². The topological polar surface area (TPSA) is 102 Å². The van der Waals surface area contributed by atoms with E-state index in [0.717, 1.165) is 0 Å². The molecule has 0 spiro atoms. The Morgan fingerprint density at radius 1 is 1.28 bits per heavy atom. The van der Waals surface area contributed by atoms with Crippen molar-refractivity contribution in [2.45, 2.75) is 25.8 Å². The number of rotatable bonds is 4. The normalized spacial score (nSPS) is 18.9. The molecule has 1 fully saturated rings. The first-order chi connectivity index (χ1) is 8.43. The number of carbonyl (C=O) groups is 2. The maximum atomic E-state index is 11.4. The van der Waals surface area contributed by atoms with Crippen molar-refractivity contribution in [2.75, 3.05) is 24.7 Å². The Labute approximate surface area is 106 Å². The molecule has 0 aromatic carbocycles. The highest BCUT2D eigenvalue weighted by molar-refractivity contribution is 7.91. The van der Waals surface area contributed by atoms with Gasteiger partial charge in [0.2, 0.25) is 0 Å². The quantitative estimate of drug-likeness (QED) is 0.670. The lowest BCUT2D eigenvalue weighted by atomic mass is 10.2. The van der Waals surface area contributed by atoms with E-state index in [0.29, 0.717) is 12.8 Å². The predicted octanol–water partition coefficient (Wildman–Crippen LogP) is -0.574. The molecule has 104 valence electrons. The number of hydrogen-bond acceptors (Lipinski definition) is 5. The Bertz CT molecular complexity index is 392. The molecule has 18 heavy (non-hydrogen) atoms. The van der Waals surface area contributed by atoms with Crippen molar-refractivity contribution < 1.29 is 22.7 Å². The second-order valence-corrected chi connectivity index (χ2v) is 6.36. The Morgan fingerprint density at radius 3 is 2.44 bits per heavy atom. The van der Waals surface area contributed by atoms with Gasteiger partial charge in [-0.2, -0.15) is 0 Å². The van der Waals surface area contributed by atoms with Gasteiger partial charge >= 0.3 is 12.0 Å². The van der Waals surface area contributed by atoms with Crippen LogP contribution in [0.3, 0.4) is 0 Å². The highest BCUT2D eigenvalue weighted by Gasteiger charge is 2.24. The largest absolute Gasteiger partial charge is 0.465 e. The summed E-state index contributed by atoms with van der Waals surface area (Å²) in [4.78, 5) is 22.4. The molecule has 0 bridgehead atoms. The molecule has 0 aliphatic carbocycles. The maximum Gasteiger partial charge on any atom is 0.325 e. The molecule has 0 radical (unpaired) electrons. The molecule has 1 saturated heterocycles. The Morgan fingerprint density at radius 2 is 1.89 bits per heavy atom. The highest BCUT2D eigenvalue weighted by Crippen LogP contribution is 2.11. The van der Waals surface area contributed by atoms with Crippen molar-refractivity contribution >= 4 is 21.8 Å². The van der Waals surface area contributed by atoms with Crippen LogP contribution in [0.25, 0.3) is 0 Å². The zero-order valence-corrected chi connectivity index (χ0v) is 11.1. The molecule has 0 unspecified atom stereocenters. The van der Waals surface area contributed by atoms with Crippen molar-refractivity contribution in [3.63, 3.8) is 0 Å². The van der Waals surface area contributed by atoms with Crippen LogP contribution in [0.4, 0.5) is 4.79 Å². The minimum Gasteiger partial charge on any atom is -0.465 e. The summed E-state index contributed by atoms with van der Waals surface area (Å²) in [5.74, 6) is -0.315. The first kappa shape index (κ1) is 14.7. The number of nitrogens with one attached hydrogen (secondary N) is 2. The summed E-state index contributed by atoms with van der Waals surface area (Å²) in [7, 11) is -2.93. The van der Waals surface area contributed by atoms with Gasteiger partial charge in [0.1, 0.15) is 16.4 Å². The fraction of sp³-hybridized carbons (Fsp3) is 0.800. The second-order valence-electron chi connectivity index (χ2n) is 4.06. The minimum absolute atomic E-state index is 0.0931. The lowest BCUT2D eigenvalue weighted by Crippen LogP contribution is -2.46. The molecular formula is C10H18N2O5S. The van der Waals surface area contributed by atoms with E-state index in [9.17, 15) is 18.0 Å². The highest BCUT2D eigenvalue weighted by atomic mass is 32.2. The third-order valence-corrected chi connectivity index (χ3v) is 4.30. The van der Waals surface area contributed by atoms with Gasteiger partial charge in [0, 0.05) is 6.04 Å². The van der Waals surface area contributed by atoms with Gasteiger partial charge in [-0.25, -0.2) is 13.2 Å². The summed E-state index contributed by atoms with van der Waals surface area (Å²) in [6, 6.07) is -0.636. The molecular weight excluding hydrogens is 260 g/mol. The van der Waals surface area contributed by atoms with E-state index in [2.05, 4.69) is 15.4 Å². The standard InChI is InChI=1S/C10H18N2O5S/c1-2-17-9(13)7-11-10(14)12-8-3-5-18(15,16)6-4-8/h8H,2-7H2,1H3,(H2,11,12,14). The predicted molar refractivity (Wildman–Crippen MR) is 64.8 cm³/mol. The summed E-state index contributed by atoms with van der Waals surface area (Å²) in [5.41, 5.74) is 0. The van der Waals surface area contributed by atoms with E-state index in [1.165, 1.54) is 0 Å². The summed E-state index contributed by atoms with van der Waals surface area (Å²) >= 11 is 0. The Kier molecular flexibility index (Phi) is 5.39. The van der Waals surface area contributed by atoms with Crippen LogP contribution in [0.5, 0.6) is 0 Å². The molecule has 2 N–H and O–H groups in total. The number of sulfone groups is 1. The Hall–Kier alpha value is -1.31. The zero-order chi connectivity index (χ0) is 13.6. The molecule has 1 rings (SSSR count). The molecule has 7 nitrogen and oxygen atoms in total. The molecule has 2 amide bonds. The van der Waals surface area contributed by atoms with E-state index < -0.39 is 21.8 Å². The van der Waals surface area contributed by atoms with Crippen LogP contribution in [0, 0.1) is 0 Å². The second kappa shape index (κ2) is 6.58. The number of carbonyl (C=O) groups excluding carboxylic acids is 2. The molecule has 1 aliphatic rings. The Balaban J connectivity index is 2.23. The van der Waals surface area contributed by atoms with E-state index in [4.69, 9.17) is 0 Å². The minimum atomic E-state index is -2.93. The molecule has 1 aliphatic heterocycles. The van der Waals surface area contributed by atoms with Crippen LogP contribution in [-0.4, -0.2) is 51.1 Å². The first-order valence-electron chi connectivity index (χ1n) is 5.83. The first-order valence-corrected chi connectivity index (χ1v) is 7.65. The summed E-state index contributed by atoms with van der Waals surface area (Å²) in [5, 5.41) is 4.99. The van der Waals surface area contributed by atoms with Crippen LogP contribution in [-0.2, 0) is 19.4 Å². The molecule has 0 atom stereocenters. The number of esters is 1. The molecule has 0 saturated carbocycles. The van der Waals surface area contributed by atoms with Crippen molar-refractivity contribution in [1.82, 2.24) is 10.6 Å². The van der Waals surface area contributed by atoms with Crippen LogP contribution in [0.1, 0.15) is 19.8 Å². The number of amides is 2. The van der Waals surface area contributed by atoms with Gasteiger partial charge in [0.05, 0.1) is 18.1 Å². The number of ether oxygens (including phenoxy) is 1. The van der Waals surface area contributed by atoms with Gasteiger partial charge in [-0.1, -0.05) is 0 Å². The van der Waals surface area contributed by atoms with Gasteiger partial charge in [0.15, 0.2) is 0 Å². The van der Waals surface area contributed by atoms with E-state index >= 15 is 0 Å². The molecule has 8 heteroatoms. The van der Waals surface area contributed by atoms with Crippen LogP contribution in [0.2, 0.25) is 0 Å². The zero-order valence-electron chi connectivity index (χ0n) is 10.3. The van der Waals surface area contributed by atoms with Gasteiger partial charge in [-0.15, -0.1) is 0 Å². The summed E-state index contributed by atoms with van der Waals surface area (Å²) < 4.78 is 27.0. The van der Waals surface area contributed by atoms with Gasteiger partial charge in [-0.3, -0.25) is 4.79 Å². The average molecular weight is 278 g/mol. The lowest BCUT2D eigenvalue weighted by molar-refractivity contribution is -0.141. The van der Waals surface area contributed by atoms with Crippen molar-refractivity contribution in [3.8, 4) is 0 Å². The van der Waals surface area contributed by atoms with Crippen LogP contribution >= 0.6 is 0 Å². The lowest BCUT2D eigenvalue weighted by Gasteiger charge is -2.22. The fourth-order valence-electron chi connectivity index (χ4n) is 1.64. The smallest absolute Gasteiger partial charge is 0.325 e. The molecule has 1 heterocycles. The SMILES string of the molecule is CCOC(=O)CNC(=O)NC1CCS(=O)(=O)CC1. The van der Waals surface area contributed by atoms with Crippen molar-refractivity contribution in [1.29, 1.82) is 0 Å².